The van der Waals surface area contributed by atoms with Gasteiger partial charge in [-0.3, -0.25) is 9.36 Å². The third kappa shape index (κ3) is 2.61. The number of hydrogen-bond acceptors (Lipinski definition) is 3. The van der Waals surface area contributed by atoms with Crippen LogP contribution in [-0.2, 0) is 6.54 Å². The molecule has 2 heterocycles. The number of halogens is 1. The zero-order valence-corrected chi connectivity index (χ0v) is 13.6. The predicted octanol–water partition coefficient (Wildman–Crippen LogP) is 3.08. The van der Waals surface area contributed by atoms with Crippen LogP contribution in [0.1, 0.15) is 11.1 Å². The van der Waals surface area contributed by atoms with Gasteiger partial charge in [-0.05, 0) is 24.6 Å². The summed E-state index contributed by atoms with van der Waals surface area (Å²) in [5, 5.41) is 4.72. The molecule has 25 heavy (non-hydrogen) atoms. The Morgan fingerprint density at radius 3 is 2.64 bits per heavy atom. The fourth-order valence-corrected chi connectivity index (χ4v) is 2.85. The number of nitrogens with zero attached hydrogens (tertiary/aromatic N) is 4. The number of benzene rings is 2. The van der Waals surface area contributed by atoms with Crippen LogP contribution >= 0.6 is 0 Å². The Morgan fingerprint density at radius 1 is 1.08 bits per heavy atom. The number of aryl methyl sites for hydroxylation is 1. The normalized spacial score (nSPS) is 11.1. The molecule has 0 N–H and O–H groups in total. The van der Waals surface area contributed by atoms with E-state index in [1.54, 1.807) is 22.9 Å². The maximum atomic E-state index is 13.8. The van der Waals surface area contributed by atoms with E-state index >= 15 is 0 Å². The van der Waals surface area contributed by atoms with Gasteiger partial charge < -0.3 is 0 Å². The quantitative estimate of drug-likeness (QED) is 0.578. The summed E-state index contributed by atoms with van der Waals surface area (Å²) >= 11 is 0. The molecule has 0 unspecified atom stereocenters. The number of fused-ring (bicyclic) bond motifs is 1. The lowest BCUT2D eigenvalue weighted by molar-refractivity contribution is 0.595. The van der Waals surface area contributed by atoms with Crippen LogP contribution in [-0.4, -0.2) is 19.3 Å². The highest BCUT2D eigenvalue weighted by atomic mass is 19.1. The Bertz CT molecular complexity index is 1130. The molecule has 4 aromatic rings. The highest BCUT2D eigenvalue weighted by molar-refractivity contribution is 5.75. The Balaban J connectivity index is 1.82. The molecule has 2 aromatic heterocycles. The Hall–Kier alpha value is -3.28. The Kier molecular flexibility index (Phi) is 3.65. The van der Waals surface area contributed by atoms with Gasteiger partial charge in [0.15, 0.2) is 5.65 Å². The first kappa shape index (κ1) is 15.3. The Labute approximate surface area is 143 Å². The van der Waals surface area contributed by atoms with E-state index in [-0.39, 0.29) is 17.9 Å². The van der Waals surface area contributed by atoms with Crippen LogP contribution in [0.25, 0.3) is 16.7 Å². The molecule has 0 saturated heterocycles. The molecule has 0 fully saturated rings. The van der Waals surface area contributed by atoms with Crippen molar-refractivity contribution >= 4 is 11.0 Å². The highest BCUT2D eigenvalue weighted by Gasteiger charge is 2.13. The van der Waals surface area contributed by atoms with Crippen LogP contribution in [0.4, 0.5) is 4.39 Å². The van der Waals surface area contributed by atoms with E-state index in [1.807, 2.05) is 31.2 Å². The van der Waals surface area contributed by atoms with Gasteiger partial charge in [-0.25, -0.2) is 14.1 Å². The van der Waals surface area contributed by atoms with Crippen molar-refractivity contribution in [3.8, 4) is 5.69 Å². The summed E-state index contributed by atoms with van der Waals surface area (Å²) in [6.07, 6.45) is 2.95. The van der Waals surface area contributed by atoms with Gasteiger partial charge in [0.25, 0.3) is 5.56 Å². The summed E-state index contributed by atoms with van der Waals surface area (Å²) in [6.45, 7) is 2.10. The molecule has 0 bridgehead atoms. The summed E-state index contributed by atoms with van der Waals surface area (Å²) in [5.74, 6) is -0.342. The fraction of sp³-hybridized carbons (Fsp3) is 0.105. The topological polar surface area (TPSA) is 52.7 Å². The summed E-state index contributed by atoms with van der Waals surface area (Å²) in [6, 6.07) is 14.2. The SMILES string of the molecule is Cc1ccccc1-n1ncc2c(=O)n(Cc3ccccc3F)cnc21. The number of para-hydroxylation sites is 1. The smallest absolute Gasteiger partial charge is 0.264 e. The molecule has 5 nitrogen and oxygen atoms in total. The minimum Gasteiger partial charge on any atom is -0.294 e. The lowest BCUT2D eigenvalue weighted by Crippen LogP contribution is -2.21. The van der Waals surface area contributed by atoms with Crippen molar-refractivity contribution in [1.29, 1.82) is 0 Å². The molecule has 0 aliphatic carbocycles. The molecule has 0 saturated carbocycles. The van der Waals surface area contributed by atoms with E-state index in [0.717, 1.165) is 11.3 Å². The van der Waals surface area contributed by atoms with E-state index in [4.69, 9.17) is 0 Å². The van der Waals surface area contributed by atoms with Crippen LogP contribution in [0.2, 0.25) is 0 Å². The van der Waals surface area contributed by atoms with Gasteiger partial charge in [0.05, 0.1) is 18.4 Å². The first-order valence-electron chi connectivity index (χ1n) is 7.88. The second kappa shape index (κ2) is 5.98. The average molecular weight is 334 g/mol. The van der Waals surface area contributed by atoms with Gasteiger partial charge in [-0.15, -0.1) is 0 Å². The third-order valence-electron chi connectivity index (χ3n) is 4.20. The van der Waals surface area contributed by atoms with E-state index in [2.05, 4.69) is 10.1 Å². The van der Waals surface area contributed by atoms with Crippen LogP contribution in [0.5, 0.6) is 0 Å². The lowest BCUT2D eigenvalue weighted by Gasteiger charge is -2.08. The van der Waals surface area contributed by atoms with Gasteiger partial charge >= 0.3 is 0 Å². The first-order chi connectivity index (χ1) is 12.1. The average Bonchev–Trinajstić information content (AvgIpc) is 3.04. The van der Waals surface area contributed by atoms with Gasteiger partial charge in [0.2, 0.25) is 0 Å². The fourth-order valence-electron chi connectivity index (χ4n) is 2.85. The van der Waals surface area contributed by atoms with Crippen molar-refractivity contribution in [3.05, 3.63) is 88.4 Å². The number of rotatable bonds is 3. The lowest BCUT2D eigenvalue weighted by atomic mass is 10.2. The van der Waals surface area contributed by atoms with Crippen molar-refractivity contribution in [2.75, 3.05) is 0 Å². The third-order valence-corrected chi connectivity index (χ3v) is 4.20. The van der Waals surface area contributed by atoms with E-state index in [9.17, 15) is 9.18 Å². The summed E-state index contributed by atoms with van der Waals surface area (Å²) in [4.78, 5) is 17.1. The summed E-state index contributed by atoms with van der Waals surface area (Å²) < 4.78 is 16.9. The zero-order valence-electron chi connectivity index (χ0n) is 13.6. The molecule has 2 aromatic carbocycles. The van der Waals surface area contributed by atoms with Crippen LogP contribution < -0.4 is 5.56 Å². The molecule has 0 radical (unpaired) electrons. The van der Waals surface area contributed by atoms with Crippen molar-refractivity contribution < 1.29 is 4.39 Å². The van der Waals surface area contributed by atoms with Crippen LogP contribution in [0, 0.1) is 12.7 Å². The second-order valence-corrected chi connectivity index (χ2v) is 5.85. The molecule has 0 atom stereocenters. The number of hydrogen-bond donors (Lipinski definition) is 0. The second-order valence-electron chi connectivity index (χ2n) is 5.85. The van der Waals surface area contributed by atoms with E-state index in [1.165, 1.54) is 23.2 Å². The molecule has 124 valence electrons. The van der Waals surface area contributed by atoms with Gasteiger partial charge in [-0.1, -0.05) is 36.4 Å². The molecular formula is C19H15FN4O. The van der Waals surface area contributed by atoms with Crippen molar-refractivity contribution in [3.63, 3.8) is 0 Å². The maximum Gasteiger partial charge on any atom is 0.264 e. The predicted molar refractivity (Wildman–Crippen MR) is 93.4 cm³/mol. The molecule has 0 amide bonds. The molecule has 0 aliphatic heterocycles. The molecular weight excluding hydrogens is 319 g/mol. The first-order valence-corrected chi connectivity index (χ1v) is 7.88. The van der Waals surface area contributed by atoms with Crippen molar-refractivity contribution in [2.45, 2.75) is 13.5 Å². The molecule has 6 heteroatoms. The maximum absolute atomic E-state index is 13.8. The van der Waals surface area contributed by atoms with Gasteiger partial charge in [0.1, 0.15) is 17.5 Å². The highest BCUT2D eigenvalue weighted by Crippen LogP contribution is 2.17. The monoisotopic (exact) mass is 334 g/mol. The van der Waals surface area contributed by atoms with Crippen LogP contribution in [0.15, 0.2) is 65.8 Å². The number of aromatic nitrogens is 4. The van der Waals surface area contributed by atoms with Crippen molar-refractivity contribution in [1.82, 2.24) is 19.3 Å². The molecule has 4 rings (SSSR count). The zero-order chi connectivity index (χ0) is 17.4. The van der Waals surface area contributed by atoms with Gasteiger partial charge in [-0.2, -0.15) is 5.10 Å². The van der Waals surface area contributed by atoms with Crippen molar-refractivity contribution in [2.24, 2.45) is 0 Å². The summed E-state index contributed by atoms with van der Waals surface area (Å²) in [5.41, 5.74) is 2.59. The molecule has 0 aliphatic rings. The molecule has 0 spiro atoms. The largest absolute Gasteiger partial charge is 0.294 e. The Morgan fingerprint density at radius 2 is 1.84 bits per heavy atom. The minimum absolute atomic E-state index is 0.129. The van der Waals surface area contributed by atoms with E-state index < -0.39 is 0 Å². The summed E-state index contributed by atoms with van der Waals surface area (Å²) in [7, 11) is 0. The van der Waals surface area contributed by atoms with Gasteiger partial charge in [0, 0.05) is 5.56 Å². The minimum atomic E-state index is -0.342. The van der Waals surface area contributed by atoms with E-state index in [0.29, 0.717) is 16.6 Å². The standard InChI is InChI=1S/C19H15FN4O/c1-13-6-2-5-9-17(13)24-18-15(10-22-24)19(25)23(12-21-18)11-14-7-3-4-8-16(14)20/h2-10,12H,11H2,1H3. The van der Waals surface area contributed by atoms with Crippen LogP contribution in [0.3, 0.4) is 0 Å².